The molecule has 0 fully saturated rings. The van der Waals surface area contributed by atoms with Gasteiger partial charge in [-0.2, -0.15) is 13.2 Å². The van der Waals surface area contributed by atoms with Crippen LogP contribution in [0.3, 0.4) is 0 Å². The summed E-state index contributed by atoms with van der Waals surface area (Å²) < 4.78 is 64.2. The Morgan fingerprint density at radius 1 is 1.18 bits per heavy atom. The number of pyridine rings is 1. The van der Waals surface area contributed by atoms with Gasteiger partial charge in [0.05, 0.1) is 24.1 Å². The van der Waals surface area contributed by atoms with Gasteiger partial charge < -0.3 is 4.57 Å². The molecule has 1 aliphatic rings. The van der Waals surface area contributed by atoms with Gasteiger partial charge in [-0.1, -0.05) is 0 Å². The number of halogens is 3. The van der Waals surface area contributed by atoms with E-state index in [0.717, 1.165) is 12.3 Å². The number of Topliss-reactive ketones (excluding diaryl/α,β-unsaturated/α-hetero) is 1. The number of rotatable bonds is 4. The monoisotopic (exact) mass is 414 g/mol. The number of carbonyl (C=O) groups is 1. The van der Waals surface area contributed by atoms with Crippen LogP contribution in [0.1, 0.15) is 27.9 Å². The smallest absolute Gasteiger partial charge is 0.307 e. The average molecular weight is 414 g/mol. The van der Waals surface area contributed by atoms with Crippen LogP contribution in [0.25, 0.3) is 0 Å². The first kappa shape index (κ1) is 20.1. The third-order valence-electron chi connectivity index (χ3n) is 4.50. The lowest BCUT2D eigenvalue weighted by Gasteiger charge is -2.29. The molecule has 3 rings (SSSR count). The Morgan fingerprint density at radius 2 is 1.89 bits per heavy atom. The summed E-state index contributed by atoms with van der Waals surface area (Å²) >= 11 is 0. The fraction of sp³-hybridized carbons (Fsp3) is 0.333. The van der Waals surface area contributed by atoms with E-state index in [4.69, 9.17) is 0 Å². The van der Waals surface area contributed by atoms with Crippen molar-refractivity contribution < 1.29 is 26.4 Å². The molecule has 28 heavy (non-hydrogen) atoms. The van der Waals surface area contributed by atoms with Crippen LogP contribution in [0.5, 0.6) is 0 Å². The number of ketones is 1. The Hall–Kier alpha value is -2.62. The lowest BCUT2D eigenvalue weighted by Crippen LogP contribution is -2.34. The van der Waals surface area contributed by atoms with Crippen molar-refractivity contribution >= 4 is 21.5 Å². The first-order valence-corrected chi connectivity index (χ1v) is 10.2. The molecule has 0 N–H and O–H groups in total. The molecule has 0 amide bonds. The lowest BCUT2D eigenvalue weighted by molar-refractivity contribution is -0.138. The fourth-order valence-electron chi connectivity index (χ4n) is 3.15. The minimum Gasteiger partial charge on any atom is -0.307 e. The zero-order valence-electron chi connectivity index (χ0n) is 14.9. The molecule has 1 aliphatic heterocycles. The van der Waals surface area contributed by atoms with Crippen LogP contribution in [-0.2, 0) is 29.2 Å². The topological polar surface area (TPSA) is 76.5 Å². The van der Waals surface area contributed by atoms with Crippen LogP contribution in [0.4, 0.5) is 18.9 Å². The third-order valence-corrected chi connectivity index (χ3v) is 5.68. The second-order valence-electron chi connectivity index (χ2n) is 6.59. The van der Waals surface area contributed by atoms with Gasteiger partial charge in [-0.05, 0) is 42.7 Å². The summed E-state index contributed by atoms with van der Waals surface area (Å²) in [5, 5.41) is 0. The van der Waals surface area contributed by atoms with Crippen LogP contribution in [-0.4, -0.2) is 31.6 Å². The minimum atomic E-state index is -4.63. The molecule has 1 aromatic carbocycles. The van der Waals surface area contributed by atoms with Crippen LogP contribution in [0.2, 0.25) is 0 Å². The van der Waals surface area contributed by atoms with Crippen molar-refractivity contribution in [2.45, 2.75) is 25.6 Å². The summed E-state index contributed by atoms with van der Waals surface area (Å²) in [5.41, 5.74) is -0.379. The van der Waals surface area contributed by atoms with Gasteiger partial charge in [0.15, 0.2) is 5.78 Å². The van der Waals surface area contributed by atoms with E-state index >= 15 is 0 Å². The van der Waals surface area contributed by atoms with Crippen molar-refractivity contribution in [3.63, 3.8) is 0 Å². The molecule has 0 atom stereocenters. The molecule has 0 radical (unpaired) electrons. The Morgan fingerprint density at radius 3 is 2.54 bits per heavy atom. The van der Waals surface area contributed by atoms with Crippen molar-refractivity contribution in [2.24, 2.45) is 0 Å². The standard InChI is InChI=1S/C18H17F3N2O4S/c1-28(26,27)23-8-2-3-12-9-13(4-6-15(12)23)16(24)11-22-10-14(18(19,20)21)5-7-17(22)25/h4-7,9-10H,2-3,8,11H2,1H3. The molecule has 0 saturated carbocycles. The Balaban J connectivity index is 1.90. The molecule has 0 saturated heterocycles. The molecular formula is C18H17F3N2O4S. The maximum Gasteiger partial charge on any atom is 0.417 e. The van der Waals surface area contributed by atoms with E-state index in [1.54, 1.807) is 0 Å². The van der Waals surface area contributed by atoms with Crippen molar-refractivity contribution in [1.82, 2.24) is 4.57 Å². The average Bonchev–Trinajstić information content (AvgIpc) is 2.60. The minimum absolute atomic E-state index is 0.207. The molecule has 0 bridgehead atoms. The van der Waals surface area contributed by atoms with Crippen LogP contribution in [0.15, 0.2) is 41.3 Å². The van der Waals surface area contributed by atoms with E-state index in [2.05, 4.69) is 0 Å². The van der Waals surface area contributed by atoms with Gasteiger partial charge in [0.1, 0.15) is 0 Å². The first-order chi connectivity index (χ1) is 13.0. The van der Waals surface area contributed by atoms with Crippen molar-refractivity contribution in [1.29, 1.82) is 0 Å². The second kappa shape index (κ2) is 7.08. The molecule has 1 aromatic heterocycles. The van der Waals surface area contributed by atoms with Gasteiger partial charge in [0.25, 0.3) is 5.56 Å². The van der Waals surface area contributed by atoms with E-state index in [1.165, 1.54) is 22.5 Å². The number of sulfonamides is 1. The van der Waals surface area contributed by atoms with E-state index in [9.17, 15) is 31.2 Å². The maximum absolute atomic E-state index is 12.8. The highest BCUT2D eigenvalue weighted by Crippen LogP contribution is 2.30. The number of hydrogen-bond donors (Lipinski definition) is 0. The first-order valence-electron chi connectivity index (χ1n) is 8.38. The number of aryl methyl sites for hydroxylation is 1. The van der Waals surface area contributed by atoms with Crippen LogP contribution < -0.4 is 9.86 Å². The highest BCUT2D eigenvalue weighted by atomic mass is 32.2. The van der Waals surface area contributed by atoms with Gasteiger partial charge in [-0.3, -0.25) is 13.9 Å². The molecule has 0 unspecified atom stereocenters. The highest BCUT2D eigenvalue weighted by molar-refractivity contribution is 7.92. The summed E-state index contributed by atoms with van der Waals surface area (Å²) in [4.78, 5) is 24.3. The predicted molar refractivity (Wildman–Crippen MR) is 97.0 cm³/mol. The fourth-order valence-corrected chi connectivity index (χ4v) is 4.15. The van der Waals surface area contributed by atoms with Crippen molar-refractivity contribution in [3.8, 4) is 0 Å². The molecular weight excluding hydrogens is 397 g/mol. The SMILES string of the molecule is CS(=O)(=O)N1CCCc2cc(C(=O)Cn3cc(C(F)(F)F)ccc3=O)ccc21. The van der Waals surface area contributed by atoms with E-state index < -0.39 is 39.7 Å². The molecule has 10 heteroatoms. The van der Waals surface area contributed by atoms with Crippen LogP contribution in [0, 0.1) is 0 Å². The van der Waals surface area contributed by atoms with Gasteiger partial charge in [0, 0.05) is 24.4 Å². The third kappa shape index (κ3) is 4.11. The molecule has 6 nitrogen and oxygen atoms in total. The zero-order valence-corrected chi connectivity index (χ0v) is 15.7. The highest BCUT2D eigenvalue weighted by Gasteiger charge is 2.31. The number of carbonyl (C=O) groups excluding carboxylic acids is 1. The lowest BCUT2D eigenvalue weighted by atomic mass is 9.99. The Bertz CT molecular complexity index is 1090. The van der Waals surface area contributed by atoms with E-state index in [1.807, 2.05) is 0 Å². The molecule has 150 valence electrons. The predicted octanol–water partition coefficient (Wildman–Crippen LogP) is 2.46. The second-order valence-corrected chi connectivity index (χ2v) is 8.49. The zero-order chi connectivity index (χ0) is 20.7. The summed E-state index contributed by atoms with van der Waals surface area (Å²) in [5.74, 6) is -0.541. The van der Waals surface area contributed by atoms with Crippen LogP contribution >= 0.6 is 0 Å². The van der Waals surface area contributed by atoms with E-state index in [0.29, 0.717) is 47.5 Å². The summed E-state index contributed by atoms with van der Waals surface area (Å²) in [6, 6.07) is 5.91. The Labute approximate surface area is 159 Å². The summed E-state index contributed by atoms with van der Waals surface area (Å²) in [7, 11) is -3.45. The summed E-state index contributed by atoms with van der Waals surface area (Å²) in [6.07, 6.45) is -1.75. The molecule has 2 aromatic rings. The number of nitrogens with zero attached hydrogens (tertiary/aromatic N) is 2. The molecule has 0 spiro atoms. The number of aromatic nitrogens is 1. The number of benzene rings is 1. The van der Waals surface area contributed by atoms with Crippen molar-refractivity contribution in [3.05, 3.63) is 63.6 Å². The molecule has 2 heterocycles. The quantitative estimate of drug-likeness (QED) is 0.721. The van der Waals surface area contributed by atoms with Gasteiger partial charge >= 0.3 is 6.18 Å². The number of fused-ring (bicyclic) bond motifs is 1. The number of hydrogen-bond acceptors (Lipinski definition) is 4. The van der Waals surface area contributed by atoms with Gasteiger partial charge in [0.2, 0.25) is 10.0 Å². The van der Waals surface area contributed by atoms with Crippen molar-refractivity contribution in [2.75, 3.05) is 17.1 Å². The normalized spacial score (nSPS) is 14.6. The molecule has 0 aliphatic carbocycles. The maximum atomic E-state index is 12.8. The van der Waals surface area contributed by atoms with E-state index in [-0.39, 0.29) is 5.56 Å². The number of alkyl halides is 3. The number of anilines is 1. The summed E-state index contributed by atoms with van der Waals surface area (Å²) in [6.45, 7) is -0.198. The largest absolute Gasteiger partial charge is 0.417 e. The van der Waals surface area contributed by atoms with Gasteiger partial charge in [-0.15, -0.1) is 0 Å². The Kier molecular flexibility index (Phi) is 5.09. The van der Waals surface area contributed by atoms with Gasteiger partial charge in [-0.25, -0.2) is 8.42 Å².